The first-order chi connectivity index (χ1) is 16.7. The van der Waals surface area contributed by atoms with Crippen LogP contribution in [-0.2, 0) is 0 Å². The molecule has 0 saturated carbocycles. The Morgan fingerprint density at radius 1 is 1.09 bits per heavy atom. The summed E-state index contributed by atoms with van der Waals surface area (Å²) in [5.41, 5.74) is 0.141. The molecule has 35 heavy (non-hydrogen) atoms. The second-order valence-corrected chi connectivity index (χ2v) is 7.78. The molecule has 1 aromatic carbocycles. The molecule has 0 aliphatic heterocycles. The van der Waals surface area contributed by atoms with E-state index in [1.807, 2.05) is 13.8 Å². The molecule has 4 heterocycles. The summed E-state index contributed by atoms with van der Waals surface area (Å²) in [5.74, 6) is -0.293. The van der Waals surface area contributed by atoms with E-state index in [1.54, 1.807) is 35.3 Å². The van der Waals surface area contributed by atoms with Gasteiger partial charge in [-0.25, -0.2) is 15.0 Å². The zero-order valence-corrected chi connectivity index (χ0v) is 18.4. The van der Waals surface area contributed by atoms with E-state index < -0.39 is 17.7 Å². The molecule has 0 radical (unpaired) electrons. The highest BCUT2D eigenvalue weighted by molar-refractivity contribution is 5.96. The van der Waals surface area contributed by atoms with E-state index in [0.29, 0.717) is 5.56 Å². The molecule has 0 aliphatic rings. The lowest BCUT2D eigenvalue weighted by molar-refractivity contribution is -0.274. The van der Waals surface area contributed by atoms with Gasteiger partial charge in [0.05, 0.1) is 11.8 Å². The monoisotopic (exact) mass is 482 g/mol. The van der Waals surface area contributed by atoms with Gasteiger partial charge in [-0.1, -0.05) is 12.1 Å². The fourth-order valence-electron chi connectivity index (χ4n) is 3.42. The Labute approximate surface area is 195 Å². The summed E-state index contributed by atoms with van der Waals surface area (Å²) in [6, 6.07) is 8.82. The zero-order chi connectivity index (χ0) is 24.7. The summed E-state index contributed by atoms with van der Waals surface area (Å²) in [7, 11) is 0. The highest BCUT2D eigenvalue weighted by atomic mass is 19.4. The predicted molar refractivity (Wildman–Crippen MR) is 120 cm³/mol. The molecule has 4 aromatic heterocycles. The molecule has 0 aliphatic carbocycles. The smallest absolute Gasteiger partial charge is 0.403 e. The van der Waals surface area contributed by atoms with Crippen molar-refractivity contribution in [2.75, 3.05) is 5.32 Å². The van der Waals surface area contributed by atoms with Crippen molar-refractivity contribution in [3.8, 4) is 17.1 Å². The van der Waals surface area contributed by atoms with E-state index in [-0.39, 0.29) is 40.1 Å². The van der Waals surface area contributed by atoms with Crippen molar-refractivity contribution in [3.63, 3.8) is 0 Å². The Balaban J connectivity index is 1.76. The van der Waals surface area contributed by atoms with Crippen LogP contribution < -0.4 is 15.6 Å². The van der Waals surface area contributed by atoms with Crippen molar-refractivity contribution in [3.05, 3.63) is 65.3 Å². The molecule has 0 atom stereocenters. The van der Waals surface area contributed by atoms with Crippen LogP contribution in [0.25, 0.3) is 27.9 Å². The third-order valence-corrected chi connectivity index (χ3v) is 5.01. The van der Waals surface area contributed by atoms with Crippen LogP contribution in [0.1, 0.15) is 19.9 Å². The van der Waals surface area contributed by atoms with Gasteiger partial charge in [-0.15, -0.1) is 18.3 Å². The third kappa shape index (κ3) is 4.35. The quantitative estimate of drug-likeness (QED) is 0.398. The number of benzene rings is 1. The molecule has 0 bridgehead atoms. The molecular weight excluding hydrogens is 465 g/mol. The molecule has 5 rings (SSSR count). The molecule has 178 valence electrons. The second-order valence-electron chi connectivity index (χ2n) is 7.78. The Morgan fingerprint density at radius 3 is 2.66 bits per heavy atom. The number of anilines is 2. The minimum atomic E-state index is -4.93. The van der Waals surface area contributed by atoms with E-state index >= 15 is 0 Å². The van der Waals surface area contributed by atoms with Crippen LogP contribution in [0.3, 0.4) is 0 Å². The second kappa shape index (κ2) is 8.34. The molecule has 0 spiro atoms. The number of nitrogens with zero attached hydrogens (tertiary/aromatic N) is 7. The number of aromatic nitrogens is 7. The van der Waals surface area contributed by atoms with Gasteiger partial charge in [0.15, 0.2) is 17.2 Å². The zero-order valence-electron chi connectivity index (χ0n) is 18.4. The number of alkyl halides is 3. The van der Waals surface area contributed by atoms with Crippen LogP contribution in [0.5, 0.6) is 5.75 Å². The summed E-state index contributed by atoms with van der Waals surface area (Å²) < 4.78 is 46.4. The lowest BCUT2D eigenvalue weighted by Crippen LogP contribution is -2.18. The minimum Gasteiger partial charge on any atom is -0.403 e. The Kier molecular flexibility index (Phi) is 5.30. The molecule has 10 nitrogen and oxygen atoms in total. The van der Waals surface area contributed by atoms with Gasteiger partial charge in [0.2, 0.25) is 5.95 Å². The van der Waals surface area contributed by atoms with Crippen molar-refractivity contribution in [1.29, 1.82) is 0 Å². The lowest BCUT2D eigenvalue weighted by Gasteiger charge is -2.12. The van der Waals surface area contributed by atoms with Crippen LogP contribution >= 0.6 is 0 Å². The van der Waals surface area contributed by atoms with Gasteiger partial charge in [0.1, 0.15) is 11.2 Å². The largest absolute Gasteiger partial charge is 0.573 e. The van der Waals surface area contributed by atoms with Gasteiger partial charge in [0, 0.05) is 23.8 Å². The first-order valence-corrected chi connectivity index (χ1v) is 10.4. The summed E-state index contributed by atoms with van der Waals surface area (Å²) >= 11 is 0. The van der Waals surface area contributed by atoms with Crippen molar-refractivity contribution in [2.45, 2.75) is 26.3 Å². The first kappa shape index (κ1) is 22.3. The van der Waals surface area contributed by atoms with Crippen molar-refractivity contribution >= 4 is 28.2 Å². The number of hydrogen-bond acceptors (Lipinski definition) is 8. The van der Waals surface area contributed by atoms with E-state index in [0.717, 1.165) is 6.07 Å². The maximum absolute atomic E-state index is 13.1. The topological polar surface area (TPSA) is 112 Å². The molecule has 0 unspecified atom stereocenters. The maximum Gasteiger partial charge on any atom is 0.573 e. The van der Waals surface area contributed by atoms with Crippen LogP contribution in [0.4, 0.5) is 24.8 Å². The van der Waals surface area contributed by atoms with Gasteiger partial charge in [-0.05, 0) is 38.1 Å². The Hall–Kier alpha value is -4.55. The summed E-state index contributed by atoms with van der Waals surface area (Å²) in [6.07, 6.45) is -0.255. The first-order valence-electron chi connectivity index (χ1n) is 10.4. The van der Waals surface area contributed by atoms with Crippen LogP contribution in [0.15, 0.2) is 59.8 Å². The highest BCUT2D eigenvalue weighted by Gasteiger charge is 2.32. The van der Waals surface area contributed by atoms with Crippen LogP contribution in [0.2, 0.25) is 0 Å². The number of ether oxygens (including phenoxy) is 1. The molecule has 1 N–H and O–H groups in total. The van der Waals surface area contributed by atoms with E-state index in [2.05, 4.69) is 35.2 Å². The third-order valence-electron chi connectivity index (χ3n) is 5.01. The number of halogens is 3. The number of para-hydroxylation sites is 1. The average molecular weight is 482 g/mol. The van der Waals surface area contributed by atoms with E-state index in [4.69, 9.17) is 0 Å². The van der Waals surface area contributed by atoms with E-state index in [1.165, 1.54) is 22.8 Å². The fourth-order valence-corrected chi connectivity index (χ4v) is 3.42. The molecule has 0 amide bonds. The number of hydrogen-bond donors (Lipinski definition) is 1. The number of fused-ring (bicyclic) bond motifs is 3. The van der Waals surface area contributed by atoms with Crippen LogP contribution in [0, 0.1) is 0 Å². The van der Waals surface area contributed by atoms with Crippen molar-refractivity contribution < 1.29 is 17.9 Å². The molecular formula is C22H17F3N8O2. The lowest BCUT2D eigenvalue weighted by atomic mass is 10.2. The number of rotatable bonds is 5. The minimum absolute atomic E-state index is 0.0436. The van der Waals surface area contributed by atoms with Crippen molar-refractivity contribution in [2.24, 2.45) is 0 Å². The highest BCUT2D eigenvalue weighted by Crippen LogP contribution is 2.33. The molecule has 0 fully saturated rings. The van der Waals surface area contributed by atoms with Gasteiger partial charge in [-0.2, -0.15) is 9.61 Å². The standard InChI is InChI=1S/C22H17F3N8O2/c1-12(2)32-11-13(10-27-32)18-30-19-14-6-5-8-16(35-22(23,24)25)17(14)29-21(33(19)31-18)28-15-7-3-4-9-26-20(15)34/h3-12H,1-2H3,(H,26,28,29,34). The molecule has 5 aromatic rings. The van der Waals surface area contributed by atoms with Crippen molar-refractivity contribution in [1.82, 2.24) is 34.3 Å². The molecule has 13 heteroatoms. The average Bonchev–Trinajstić information content (AvgIpc) is 3.41. The van der Waals surface area contributed by atoms with Crippen LogP contribution in [-0.4, -0.2) is 40.7 Å². The summed E-state index contributed by atoms with van der Waals surface area (Å²) in [6.45, 7) is 3.92. The number of nitrogens with one attached hydrogen (secondary N) is 1. The maximum atomic E-state index is 13.1. The van der Waals surface area contributed by atoms with Gasteiger partial charge in [0.25, 0.3) is 5.56 Å². The Bertz CT molecular complexity index is 1610. The predicted octanol–water partition coefficient (Wildman–Crippen LogP) is 4.12. The normalized spacial score (nSPS) is 11.9. The van der Waals surface area contributed by atoms with Gasteiger partial charge in [-0.3, -0.25) is 9.48 Å². The van der Waals surface area contributed by atoms with Gasteiger partial charge >= 0.3 is 6.36 Å². The Morgan fingerprint density at radius 2 is 1.91 bits per heavy atom. The summed E-state index contributed by atoms with van der Waals surface area (Å²) in [5, 5.41) is 11.9. The van der Waals surface area contributed by atoms with Gasteiger partial charge < -0.3 is 10.1 Å². The molecule has 0 saturated heterocycles. The SMILES string of the molecule is CC(C)n1cc(-c2nc3c4cccc(OC(F)(F)F)c4nc(Nc4ccccnc4=O)n3n2)cn1. The summed E-state index contributed by atoms with van der Waals surface area (Å²) in [4.78, 5) is 25.0. The fraction of sp³-hybridized carbons (Fsp3) is 0.182. The van der Waals surface area contributed by atoms with E-state index in [9.17, 15) is 18.0 Å².